The fourth-order valence-corrected chi connectivity index (χ4v) is 6.05. The van der Waals surface area contributed by atoms with Gasteiger partial charge in [-0.25, -0.2) is 0 Å². The molecule has 0 saturated carbocycles. The summed E-state index contributed by atoms with van der Waals surface area (Å²) in [5.41, 5.74) is 0. The van der Waals surface area contributed by atoms with Gasteiger partial charge in [-0.15, -0.1) is 0 Å². The van der Waals surface area contributed by atoms with E-state index < -0.39 is 16.6 Å². The smallest absolute Gasteiger partial charge is 0.186 e. The summed E-state index contributed by atoms with van der Waals surface area (Å²) in [6.07, 6.45) is 2.64. The van der Waals surface area contributed by atoms with Crippen molar-refractivity contribution in [2.24, 2.45) is 0 Å². The first-order chi connectivity index (χ1) is 9.08. The van der Waals surface area contributed by atoms with Crippen molar-refractivity contribution in [1.82, 2.24) is 9.47 Å². The third-order valence-corrected chi connectivity index (χ3v) is 8.73. The quantitative estimate of drug-likeness (QED) is 0.427. The maximum Gasteiger partial charge on any atom is 0.186 e. The Hall–Kier alpha value is 0.314. The third kappa shape index (κ3) is 10.1. The summed E-state index contributed by atoms with van der Waals surface area (Å²) in [7, 11) is 1.78. The minimum Gasteiger partial charge on any atom is -0.418 e. The van der Waals surface area contributed by atoms with Crippen molar-refractivity contribution in [2.45, 2.75) is 58.5 Å². The van der Waals surface area contributed by atoms with Gasteiger partial charge < -0.3 is 13.9 Å². The highest BCUT2D eigenvalue weighted by Gasteiger charge is 2.24. The van der Waals surface area contributed by atoms with Gasteiger partial charge in [0.25, 0.3) is 0 Å². The molecule has 0 aromatic carbocycles. The van der Waals surface area contributed by atoms with Crippen molar-refractivity contribution in [3.63, 3.8) is 0 Å². The number of nitrogens with zero attached hydrogens (tertiary/aromatic N) is 2. The lowest BCUT2D eigenvalue weighted by Crippen LogP contribution is -2.49. The first-order valence-electron chi connectivity index (χ1n) is 8.12. The highest BCUT2D eigenvalue weighted by atomic mass is 28.4. The molecule has 0 aromatic heterocycles. The van der Waals surface area contributed by atoms with Crippen LogP contribution in [-0.2, 0) is 4.43 Å². The second kappa shape index (κ2) is 9.36. The van der Waals surface area contributed by atoms with E-state index in [1.165, 1.54) is 38.5 Å². The van der Waals surface area contributed by atoms with Crippen molar-refractivity contribution in [1.29, 1.82) is 0 Å². The van der Waals surface area contributed by atoms with Crippen LogP contribution in [0.5, 0.6) is 0 Å². The number of hydrogen-bond donors (Lipinski definition) is 0. The van der Waals surface area contributed by atoms with Crippen LogP contribution < -0.4 is 0 Å². The Bertz CT molecular complexity index is 253. The van der Waals surface area contributed by atoms with E-state index in [2.05, 4.69) is 63.2 Å². The zero-order valence-electron chi connectivity index (χ0n) is 15.3. The average Bonchev–Trinajstić information content (AvgIpc) is 2.25. The molecule has 122 valence electrons. The van der Waals surface area contributed by atoms with Gasteiger partial charge in [-0.3, -0.25) is 0 Å². The SMILES string of the molecule is CCO[Si](C)(C)CCCCN(CCN(C)C)[Si](C)(C)C. The Labute approximate surface area is 129 Å². The molecule has 0 bridgehead atoms. The molecule has 0 heterocycles. The molecule has 0 amide bonds. The van der Waals surface area contributed by atoms with E-state index in [4.69, 9.17) is 4.43 Å². The normalized spacial score (nSPS) is 13.5. The van der Waals surface area contributed by atoms with Crippen molar-refractivity contribution in [3.8, 4) is 0 Å². The van der Waals surface area contributed by atoms with Crippen LogP contribution in [0, 0.1) is 0 Å². The predicted octanol–water partition coefficient (Wildman–Crippen LogP) is 3.71. The van der Waals surface area contributed by atoms with Crippen LogP contribution in [0.2, 0.25) is 38.8 Å². The van der Waals surface area contributed by atoms with E-state index in [-0.39, 0.29) is 0 Å². The average molecular weight is 319 g/mol. The Morgan fingerprint density at radius 2 is 1.45 bits per heavy atom. The fraction of sp³-hybridized carbons (Fsp3) is 1.00. The summed E-state index contributed by atoms with van der Waals surface area (Å²) in [6, 6.07) is 1.30. The van der Waals surface area contributed by atoms with Crippen LogP contribution in [0.1, 0.15) is 19.8 Å². The Balaban J connectivity index is 4.08. The lowest BCUT2D eigenvalue weighted by atomic mass is 10.3. The van der Waals surface area contributed by atoms with Crippen LogP contribution in [0.4, 0.5) is 0 Å². The van der Waals surface area contributed by atoms with Gasteiger partial charge in [0.1, 0.15) is 8.24 Å². The molecular weight excluding hydrogens is 280 g/mol. The maximum atomic E-state index is 5.91. The summed E-state index contributed by atoms with van der Waals surface area (Å²) in [4.78, 5) is 2.29. The van der Waals surface area contributed by atoms with Crippen molar-refractivity contribution in [2.75, 3.05) is 40.3 Å². The van der Waals surface area contributed by atoms with E-state index in [1.807, 2.05) is 0 Å². The van der Waals surface area contributed by atoms with Crippen molar-refractivity contribution >= 4 is 16.6 Å². The predicted molar refractivity (Wildman–Crippen MR) is 96.6 cm³/mol. The number of unbranched alkanes of at least 4 members (excludes halogenated alkanes) is 1. The van der Waals surface area contributed by atoms with E-state index >= 15 is 0 Å². The third-order valence-electron chi connectivity index (χ3n) is 3.76. The molecule has 5 heteroatoms. The minimum atomic E-state index is -1.37. The molecule has 0 aliphatic rings. The van der Waals surface area contributed by atoms with Gasteiger partial charge in [-0.1, -0.05) is 26.1 Å². The van der Waals surface area contributed by atoms with Gasteiger partial charge in [0, 0.05) is 19.7 Å². The summed E-state index contributed by atoms with van der Waals surface area (Å²) in [5, 5.41) is 0. The zero-order chi connectivity index (χ0) is 15.8. The van der Waals surface area contributed by atoms with Crippen LogP contribution in [-0.4, -0.2) is 66.4 Å². The van der Waals surface area contributed by atoms with Gasteiger partial charge in [0.05, 0.1) is 0 Å². The molecule has 0 aliphatic carbocycles. The molecular formula is C15H38N2OSi2. The molecule has 20 heavy (non-hydrogen) atoms. The molecule has 0 aliphatic heterocycles. The first kappa shape index (κ1) is 20.3. The Kier molecular flexibility index (Phi) is 9.50. The summed E-state index contributed by atoms with van der Waals surface area (Å²) >= 11 is 0. The van der Waals surface area contributed by atoms with Gasteiger partial charge in [0.2, 0.25) is 0 Å². The molecule has 3 nitrogen and oxygen atoms in total. The highest BCUT2D eigenvalue weighted by Crippen LogP contribution is 2.17. The number of hydrogen-bond acceptors (Lipinski definition) is 3. The molecule has 0 unspecified atom stereocenters. The van der Waals surface area contributed by atoms with Crippen molar-refractivity contribution < 1.29 is 4.43 Å². The summed E-state index contributed by atoms with van der Waals surface area (Å²) in [5.74, 6) is 0. The lowest BCUT2D eigenvalue weighted by molar-refractivity contribution is 0.320. The minimum absolute atomic E-state index is 0.878. The highest BCUT2D eigenvalue weighted by molar-refractivity contribution is 6.73. The van der Waals surface area contributed by atoms with Crippen LogP contribution in [0.25, 0.3) is 0 Å². The lowest BCUT2D eigenvalue weighted by Gasteiger charge is -2.35. The van der Waals surface area contributed by atoms with E-state index in [0.717, 1.165) is 6.61 Å². The second-order valence-corrected chi connectivity index (χ2v) is 16.9. The van der Waals surface area contributed by atoms with Crippen molar-refractivity contribution in [3.05, 3.63) is 0 Å². The zero-order valence-corrected chi connectivity index (χ0v) is 17.3. The van der Waals surface area contributed by atoms with Crippen LogP contribution in [0.15, 0.2) is 0 Å². The molecule has 0 saturated heterocycles. The molecule has 0 aromatic rings. The van der Waals surface area contributed by atoms with E-state index in [9.17, 15) is 0 Å². The molecule has 0 spiro atoms. The summed E-state index contributed by atoms with van der Waals surface area (Å²) in [6.45, 7) is 18.7. The van der Waals surface area contributed by atoms with E-state index in [0.29, 0.717) is 0 Å². The topological polar surface area (TPSA) is 15.7 Å². The summed E-state index contributed by atoms with van der Waals surface area (Å²) < 4.78 is 8.66. The Morgan fingerprint density at radius 1 is 0.850 bits per heavy atom. The number of likely N-dealkylation sites (N-methyl/N-ethyl adjacent to an activating group) is 1. The standard InChI is InChI=1S/C15H38N2OSi2/c1-9-18-20(7,8)15-11-10-12-17(19(4,5)6)14-13-16(2)3/h9-15H2,1-8H3. The molecule has 0 rings (SSSR count). The van der Waals surface area contributed by atoms with Gasteiger partial charge in [-0.2, -0.15) is 0 Å². The molecule has 0 atom stereocenters. The molecule has 0 N–H and O–H groups in total. The van der Waals surface area contributed by atoms with Gasteiger partial charge >= 0.3 is 0 Å². The van der Waals surface area contributed by atoms with Crippen LogP contribution >= 0.6 is 0 Å². The monoisotopic (exact) mass is 318 g/mol. The Morgan fingerprint density at radius 3 is 1.90 bits per heavy atom. The largest absolute Gasteiger partial charge is 0.418 e. The van der Waals surface area contributed by atoms with Gasteiger partial charge in [-0.05, 0) is 53.1 Å². The number of rotatable bonds is 11. The van der Waals surface area contributed by atoms with Crippen LogP contribution in [0.3, 0.4) is 0 Å². The van der Waals surface area contributed by atoms with E-state index in [1.54, 1.807) is 0 Å². The molecule has 0 radical (unpaired) electrons. The maximum absolute atomic E-state index is 5.91. The fourth-order valence-electron chi connectivity index (χ4n) is 2.42. The first-order valence-corrected chi connectivity index (χ1v) is 14.7. The second-order valence-electron chi connectivity index (χ2n) is 7.61. The van der Waals surface area contributed by atoms with Gasteiger partial charge in [0.15, 0.2) is 8.32 Å². The molecule has 0 fully saturated rings.